The second-order valence-electron chi connectivity index (χ2n) is 8.46. The number of carbonyl (C=O) groups excluding carboxylic acids is 1. The molecular formula is C25H27ClN4O2. The molecule has 1 unspecified atom stereocenters. The molecule has 0 radical (unpaired) electrons. The van der Waals surface area contributed by atoms with E-state index >= 15 is 0 Å². The lowest BCUT2D eigenvalue weighted by molar-refractivity contribution is 0.0354. The highest BCUT2D eigenvalue weighted by Crippen LogP contribution is 2.44. The molecule has 0 spiro atoms. The summed E-state index contributed by atoms with van der Waals surface area (Å²) >= 11 is 6.64. The van der Waals surface area contributed by atoms with E-state index in [0.29, 0.717) is 17.3 Å². The molecule has 1 amide bonds. The number of aryl methyl sites for hydroxylation is 1. The predicted octanol–water partition coefficient (Wildman–Crippen LogP) is 4.31. The van der Waals surface area contributed by atoms with Gasteiger partial charge < -0.3 is 9.64 Å². The maximum Gasteiger partial charge on any atom is 0.273 e. The number of benzene rings is 2. The number of hydrogen-bond acceptors (Lipinski definition) is 4. The molecule has 6 nitrogen and oxygen atoms in total. The molecule has 1 aromatic heterocycles. The van der Waals surface area contributed by atoms with E-state index in [1.807, 2.05) is 29.2 Å². The van der Waals surface area contributed by atoms with Crippen molar-refractivity contribution in [1.82, 2.24) is 20.0 Å². The predicted molar refractivity (Wildman–Crippen MR) is 125 cm³/mol. The molecule has 5 rings (SSSR count). The molecule has 2 aliphatic heterocycles. The molecule has 0 saturated carbocycles. The van der Waals surface area contributed by atoms with Crippen LogP contribution in [-0.2, 0) is 4.74 Å². The van der Waals surface area contributed by atoms with Gasteiger partial charge in [0.1, 0.15) is 5.69 Å². The number of halogens is 1. The summed E-state index contributed by atoms with van der Waals surface area (Å²) < 4.78 is 5.45. The van der Waals surface area contributed by atoms with Crippen LogP contribution in [0.2, 0.25) is 5.02 Å². The molecule has 3 aromatic rings. The van der Waals surface area contributed by atoms with Gasteiger partial charge in [-0.05, 0) is 25.0 Å². The quantitative estimate of drug-likeness (QED) is 0.608. The summed E-state index contributed by atoms with van der Waals surface area (Å²) in [7, 11) is 0. The number of aromatic amines is 1. The van der Waals surface area contributed by atoms with Crippen molar-refractivity contribution in [3.8, 4) is 11.3 Å². The lowest BCUT2D eigenvalue weighted by atomic mass is 9.95. The smallest absolute Gasteiger partial charge is 0.273 e. The summed E-state index contributed by atoms with van der Waals surface area (Å²) in [5.74, 6) is -0.0160. The van der Waals surface area contributed by atoms with Crippen LogP contribution in [-0.4, -0.2) is 65.3 Å². The average molecular weight is 451 g/mol. The number of hydrogen-bond donors (Lipinski definition) is 1. The molecule has 0 aliphatic carbocycles. The number of amides is 1. The Morgan fingerprint density at radius 1 is 1.09 bits per heavy atom. The fourth-order valence-corrected chi connectivity index (χ4v) is 4.91. The number of fused-ring (bicyclic) bond motifs is 1. The summed E-state index contributed by atoms with van der Waals surface area (Å²) in [6.07, 6.45) is 0.893. The fourth-order valence-electron chi connectivity index (χ4n) is 4.67. The van der Waals surface area contributed by atoms with Crippen LogP contribution in [0.1, 0.15) is 39.6 Å². The number of aromatic nitrogens is 2. The zero-order valence-corrected chi connectivity index (χ0v) is 18.9. The standard InChI is InChI=1S/C25H27ClN4O2/c1-17-7-9-18(10-8-17)22-21-23(28-27-22)25(31)30(12-4-11-29-13-15-32-16-14-29)24(21)19-5-2-3-6-20(19)26/h2-3,5-10,24H,4,11-16H2,1H3,(H,27,28). The molecule has 2 aliphatic rings. The van der Waals surface area contributed by atoms with Gasteiger partial charge in [0.25, 0.3) is 5.91 Å². The zero-order valence-electron chi connectivity index (χ0n) is 18.2. The summed E-state index contributed by atoms with van der Waals surface area (Å²) in [5.41, 5.74) is 5.41. The first kappa shape index (κ1) is 21.2. The van der Waals surface area contributed by atoms with E-state index in [9.17, 15) is 4.79 Å². The van der Waals surface area contributed by atoms with Crippen molar-refractivity contribution in [3.05, 3.63) is 75.9 Å². The van der Waals surface area contributed by atoms with E-state index in [2.05, 4.69) is 46.3 Å². The second kappa shape index (κ2) is 9.06. The van der Waals surface area contributed by atoms with E-state index in [1.54, 1.807) is 0 Å². The van der Waals surface area contributed by atoms with Gasteiger partial charge in [0, 0.05) is 42.3 Å². The summed E-state index contributed by atoms with van der Waals surface area (Å²) in [4.78, 5) is 17.8. The highest BCUT2D eigenvalue weighted by Gasteiger charge is 2.42. The normalized spacial score (nSPS) is 18.9. The number of H-pyrrole nitrogens is 1. The number of ether oxygens (including phenoxy) is 1. The Labute approximate surface area is 193 Å². The Morgan fingerprint density at radius 3 is 2.59 bits per heavy atom. The maximum absolute atomic E-state index is 13.5. The lowest BCUT2D eigenvalue weighted by Crippen LogP contribution is -2.38. The Bertz CT molecular complexity index is 1110. The first-order valence-corrected chi connectivity index (χ1v) is 11.5. The Kier molecular flexibility index (Phi) is 6.00. The molecule has 2 aromatic carbocycles. The van der Waals surface area contributed by atoms with Crippen molar-refractivity contribution >= 4 is 17.5 Å². The van der Waals surface area contributed by atoms with Crippen molar-refractivity contribution < 1.29 is 9.53 Å². The minimum absolute atomic E-state index is 0.0160. The molecule has 1 N–H and O–H groups in total. The highest BCUT2D eigenvalue weighted by molar-refractivity contribution is 6.31. The van der Waals surface area contributed by atoms with Crippen LogP contribution in [0.15, 0.2) is 48.5 Å². The Hall–Kier alpha value is -2.67. The van der Waals surface area contributed by atoms with Gasteiger partial charge in [-0.15, -0.1) is 0 Å². The minimum Gasteiger partial charge on any atom is -0.379 e. The van der Waals surface area contributed by atoms with Gasteiger partial charge in [0.05, 0.1) is 24.9 Å². The molecule has 166 valence electrons. The SMILES string of the molecule is Cc1ccc(-c2n[nH]c3c2C(c2ccccc2Cl)N(CCCN2CCOCC2)C3=O)cc1. The number of carbonyl (C=O) groups is 1. The largest absolute Gasteiger partial charge is 0.379 e. The number of morpholine rings is 1. The summed E-state index contributed by atoms with van der Waals surface area (Å²) in [6, 6.07) is 15.8. The van der Waals surface area contributed by atoms with Crippen LogP contribution in [0, 0.1) is 6.92 Å². The van der Waals surface area contributed by atoms with E-state index < -0.39 is 0 Å². The molecular weight excluding hydrogens is 424 g/mol. The number of nitrogens with zero attached hydrogens (tertiary/aromatic N) is 3. The van der Waals surface area contributed by atoms with Gasteiger partial charge in [-0.3, -0.25) is 14.8 Å². The van der Waals surface area contributed by atoms with E-state index in [-0.39, 0.29) is 11.9 Å². The van der Waals surface area contributed by atoms with Gasteiger partial charge in [0.15, 0.2) is 0 Å². The van der Waals surface area contributed by atoms with Crippen LogP contribution in [0.25, 0.3) is 11.3 Å². The first-order valence-electron chi connectivity index (χ1n) is 11.1. The monoisotopic (exact) mass is 450 g/mol. The van der Waals surface area contributed by atoms with Gasteiger partial charge >= 0.3 is 0 Å². The van der Waals surface area contributed by atoms with Crippen molar-refractivity contribution in [2.75, 3.05) is 39.4 Å². The zero-order chi connectivity index (χ0) is 22.1. The molecule has 0 bridgehead atoms. The Morgan fingerprint density at radius 2 is 1.84 bits per heavy atom. The maximum atomic E-state index is 13.5. The third-order valence-corrected chi connectivity index (χ3v) is 6.71. The van der Waals surface area contributed by atoms with Crippen molar-refractivity contribution in [2.45, 2.75) is 19.4 Å². The summed E-state index contributed by atoms with van der Waals surface area (Å²) in [5, 5.41) is 8.23. The van der Waals surface area contributed by atoms with Crippen LogP contribution in [0.4, 0.5) is 0 Å². The topological polar surface area (TPSA) is 61.5 Å². The van der Waals surface area contributed by atoms with Crippen molar-refractivity contribution in [3.63, 3.8) is 0 Å². The van der Waals surface area contributed by atoms with Crippen LogP contribution in [0.5, 0.6) is 0 Å². The fraction of sp³-hybridized carbons (Fsp3) is 0.360. The van der Waals surface area contributed by atoms with Gasteiger partial charge in [-0.1, -0.05) is 59.6 Å². The number of rotatable bonds is 6. The van der Waals surface area contributed by atoms with Crippen LogP contribution >= 0.6 is 11.6 Å². The number of nitrogens with one attached hydrogen (secondary N) is 1. The molecule has 1 atom stereocenters. The lowest BCUT2D eigenvalue weighted by Gasteiger charge is -2.30. The second-order valence-corrected chi connectivity index (χ2v) is 8.86. The van der Waals surface area contributed by atoms with Gasteiger partial charge in [-0.2, -0.15) is 5.10 Å². The van der Waals surface area contributed by atoms with E-state index in [4.69, 9.17) is 16.3 Å². The molecule has 3 heterocycles. The molecule has 1 saturated heterocycles. The third kappa shape index (κ3) is 3.94. The minimum atomic E-state index is -0.258. The molecule has 32 heavy (non-hydrogen) atoms. The van der Waals surface area contributed by atoms with Crippen molar-refractivity contribution in [2.24, 2.45) is 0 Å². The van der Waals surface area contributed by atoms with Gasteiger partial charge in [0.2, 0.25) is 0 Å². The van der Waals surface area contributed by atoms with E-state index in [0.717, 1.165) is 61.7 Å². The Balaban J connectivity index is 1.48. The van der Waals surface area contributed by atoms with Crippen LogP contribution < -0.4 is 0 Å². The van der Waals surface area contributed by atoms with Crippen LogP contribution in [0.3, 0.4) is 0 Å². The third-order valence-electron chi connectivity index (χ3n) is 6.37. The average Bonchev–Trinajstić information content (AvgIpc) is 3.35. The van der Waals surface area contributed by atoms with Gasteiger partial charge in [-0.25, -0.2) is 0 Å². The van der Waals surface area contributed by atoms with E-state index in [1.165, 1.54) is 5.56 Å². The first-order chi connectivity index (χ1) is 15.6. The summed E-state index contributed by atoms with van der Waals surface area (Å²) in [6.45, 7) is 7.11. The molecule has 1 fully saturated rings. The highest BCUT2D eigenvalue weighted by atomic mass is 35.5. The molecule has 7 heteroatoms. The van der Waals surface area contributed by atoms with Crippen molar-refractivity contribution in [1.29, 1.82) is 0 Å².